The number of para-hydroxylation sites is 1. The van der Waals surface area contributed by atoms with Crippen LogP contribution in [0.5, 0.6) is 5.75 Å². The molecule has 154 valence electrons. The number of nitro benzene ring substituents is 1. The predicted octanol–water partition coefficient (Wildman–Crippen LogP) is 3.47. The van der Waals surface area contributed by atoms with Crippen molar-refractivity contribution < 1.29 is 19.2 Å². The lowest BCUT2D eigenvalue weighted by atomic mass is 10.0. The second-order valence-corrected chi connectivity index (χ2v) is 6.99. The van der Waals surface area contributed by atoms with Crippen molar-refractivity contribution in [2.75, 3.05) is 32.6 Å². The van der Waals surface area contributed by atoms with Gasteiger partial charge in [-0.2, -0.15) is 0 Å². The van der Waals surface area contributed by atoms with E-state index in [2.05, 4.69) is 16.3 Å². The Hall–Kier alpha value is -3.13. The molecule has 0 unspecified atom stereocenters. The summed E-state index contributed by atoms with van der Waals surface area (Å²) in [5, 5.41) is 14.4. The predicted molar refractivity (Wildman–Crippen MR) is 109 cm³/mol. The summed E-state index contributed by atoms with van der Waals surface area (Å²) in [5.74, 6) is 0.297. The maximum atomic E-state index is 12.1. The van der Waals surface area contributed by atoms with E-state index >= 15 is 0 Å². The third-order valence-corrected chi connectivity index (χ3v) is 5.15. The summed E-state index contributed by atoms with van der Waals surface area (Å²) < 4.78 is 10.2. The van der Waals surface area contributed by atoms with Crippen molar-refractivity contribution in [3.63, 3.8) is 0 Å². The van der Waals surface area contributed by atoms with Gasteiger partial charge in [-0.1, -0.05) is 18.2 Å². The van der Waals surface area contributed by atoms with Crippen molar-refractivity contribution in [1.29, 1.82) is 0 Å². The Morgan fingerprint density at radius 2 is 1.93 bits per heavy atom. The first-order chi connectivity index (χ1) is 14.0. The van der Waals surface area contributed by atoms with Crippen LogP contribution in [0, 0.1) is 10.1 Å². The number of nitrogens with one attached hydrogen (secondary N) is 1. The molecule has 2 aromatic rings. The standard InChI is InChI=1S/C21H25N3O5/c1-28-20-6-4-3-5-15(20)14-23-11-9-16(10-12-23)22-19-8-7-17(24(26)27)13-18(19)21(25)29-2/h3-8,13,16,22H,9-12,14H2,1-2H3. The number of methoxy groups -OCH3 is 2. The molecule has 1 heterocycles. The highest BCUT2D eigenvalue weighted by molar-refractivity contribution is 5.96. The van der Waals surface area contributed by atoms with Crippen molar-refractivity contribution in [3.8, 4) is 5.75 Å². The smallest absolute Gasteiger partial charge is 0.340 e. The van der Waals surface area contributed by atoms with E-state index in [1.54, 1.807) is 13.2 Å². The molecule has 0 bridgehead atoms. The largest absolute Gasteiger partial charge is 0.496 e. The molecule has 8 nitrogen and oxygen atoms in total. The normalized spacial score (nSPS) is 15.0. The molecule has 1 saturated heterocycles. The lowest BCUT2D eigenvalue weighted by molar-refractivity contribution is -0.384. The van der Waals surface area contributed by atoms with E-state index in [0.717, 1.165) is 43.8 Å². The average molecular weight is 399 g/mol. The van der Waals surface area contributed by atoms with Crippen LogP contribution < -0.4 is 10.1 Å². The summed E-state index contributed by atoms with van der Waals surface area (Å²) in [7, 11) is 2.94. The van der Waals surface area contributed by atoms with Crippen molar-refractivity contribution in [2.24, 2.45) is 0 Å². The lowest BCUT2D eigenvalue weighted by Crippen LogP contribution is -2.39. The first kappa shape index (κ1) is 20.6. The summed E-state index contributed by atoms with van der Waals surface area (Å²) in [4.78, 5) is 24.9. The summed E-state index contributed by atoms with van der Waals surface area (Å²) >= 11 is 0. The quantitative estimate of drug-likeness (QED) is 0.433. The van der Waals surface area contributed by atoms with E-state index in [-0.39, 0.29) is 17.3 Å². The topological polar surface area (TPSA) is 93.9 Å². The Morgan fingerprint density at radius 3 is 2.59 bits per heavy atom. The fourth-order valence-electron chi connectivity index (χ4n) is 3.58. The number of hydrogen-bond acceptors (Lipinski definition) is 7. The number of likely N-dealkylation sites (tertiary alicyclic amines) is 1. The molecule has 0 aliphatic carbocycles. The van der Waals surface area contributed by atoms with Gasteiger partial charge in [-0.05, 0) is 25.0 Å². The number of anilines is 1. The van der Waals surface area contributed by atoms with Gasteiger partial charge in [0.05, 0.1) is 24.7 Å². The number of nitro groups is 1. The van der Waals surface area contributed by atoms with Crippen LogP contribution in [0.2, 0.25) is 0 Å². The number of ether oxygens (including phenoxy) is 2. The molecule has 1 N–H and O–H groups in total. The number of rotatable bonds is 7. The average Bonchev–Trinajstić information content (AvgIpc) is 2.75. The molecule has 3 rings (SSSR count). The molecule has 2 aromatic carbocycles. The van der Waals surface area contributed by atoms with Crippen LogP contribution in [0.15, 0.2) is 42.5 Å². The summed E-state index contributed by atoms with van der Waals surface area (Å²) in [6.45, 7) is 2.62. The van der Waals surface area contributed by atoms with Crippen molar-refractivity contribution in [1.82, 2.24) is 4.90 Å². The van der Waals surface area contributed by atoms with Crippen LogP contribution in [0.3, 0.4) is 0 Å². The Morgan fingerprint density at radius 1 is 1.21 bits per heavy atom. The van der Waals surface area contributed by atoms with E-state index in [0.29, 0.717) is 5.69 Å². The first-order valence-corrected chi connectivity index (χ1v) is 9.49. The molecule has 1 aliphatic heterocycles. The summed E-state index contributed by atoms with van der Waals surface area (Å²) in [6, 6.07) is 12.4. The number of piperidine rings is 1. The fraction of sp³-hybridized carbons (Fsp3) is 0.381. The van der Waals surface area contributed by atoms with E-state index in [1.165, 1.54) is 19.2 Å². The molecule has 0 atom stereocenters. The SMILES string of the molecule is COC(=O)c1cc([N+](=O)[O-])ccc1NC1CCN(Cc2ccccc2OC)CC1. The van der Waals surface area contributed by atoms with Crippen LogP contribution >= 0.6 is 0 Å². The third-order valence-electron chi connectivity index (χ3n) is 5.15. The second-order valence-electron chi connectivity index (χ2n) is 6.99. The minimum atomic E-state index is -0.593. The van der Waals surface area contributed by atoms with Crippen molar-refractivity contribution in [2.45, 2.75) is 25.4 Å². The van der Waals surface area contributed by atoms with Gasteiger partial charge in [-0.25, -0.2) is 4.79 Å². The van der Waals surface area contributed by atoms with Gasteiger partial charge < -0.3 is 14.8 Å². The van der Waals surface area contributed by atoms with E-state index in [4.69, 9.17) is 9.47 Å². The van der Waals surface area contributed by atoms with Crippen LogP contribution in [-0.4, -0.2) is 49.1 Å². The number of nitrogens with zero attached hydrogens (tertiary/aromatic N) is 2. The van der Waals surface area contributed by atoms with E-state index in [9.17, 15) is 14.9 Å². The van der Waals surface area contributed by atoms with E-state index < -0.39 is 10.9 Å². The summed E-state index contributed by atoms with van der Waals surface area (Å²) in [6.07, 6.45) is 1.79. The van der Waals surface area contributed by atoms with Gasteiger partial charge in [0.15, 0.2) is 0 Å². The van der Waals surface area contributed by atoms with Gasteiger partial charge in [0.1, 0.15) is 5.75 Å². The Balaban J connectivity index is 1.63. The molecule has 0 amide bonds. The van der Waals surface area contributed by atoms with Crippen LogP contribution in [0.25, 0.3) is 0 Å². The zero-order valence-corrected chi connectivity index (χ0v) is 16.6. The van der Waals surface area contributed by atoms with Gasteiger partial charge in [-0.3, -0.25) is 15.0 Å². The zero-order valence-electron chi connectivity index (χ0n) is 16.6. The molecule has 0 saturated carbocycles. The first-order valence-electron chi connectivity index (χ1n) is 9.49. The van der Waals surface area contributed by atoms with Gasteiger partial charge in [0, 0.05) is 49.1 Å². The molecule has 0 spiro atoms. The number of hydrogen-bond donors (Lipinski definition) is 1. The molecule has 29 heavy (non-hydrogen) atoms. The maximum absolute atomic E-state index is 12.1. The molecule has 0 radical (unpaired) electrons. The Kier molecular flexibility index (Phi) is 6.66. The van der Waals surface area contributed by atoms with Gasteiger partial charge in [0.2, 0.25) is 0 Å². The number of benzene rings is 2. The number of carbonyl (C=O) groups excluding carboxylic acids is 1. The summed E-state index contributed by atoms with van der Waals surface area (Å²) in [5.41, 5.74) is 1.76. The molecule has 1 fully saturated rings. The van der Waals surface area contributed by atoms with Crippen molar-refractivity contribution in [3.05, 3.63) is 63.7 Å². The molecule has 8 heteroatoms. The van der Waals surface area contributed by atoms with E-state index in [1.807, 2.05) is 18.2 Å². The molecule has 0 aromatic heterocycles. The highest BCUT2D eigenvalue weighted by Gasteiger charge is 2.23. The lowest BCUT2D eigenvalue weighted by Gasteiger charge is -2.33. The van der Waals surface area contributed by atoms with Crippen LogP contribution in [-0.2, 0) is 11.3 Å². The maximum Gasteiger partial charge on any atom is 0.340 e. The van der Waals surface area contributed by atoms with Gasteiger partial charge in [0.25, 0.3) is 5.69 Å². The van der Waals surface area contributed by atoms with Gasteiger partial charge >= 0.3 is 5.97 Å². The third kappa shape index (κ3) is 5.03. The molecular formula is C21H25N3O5. The highest BCUT2D eigenvalue weighted by Crippen LogP contribution is 2.26. The number of esters is 1. The Labute approximate surface area is 169 Å². The number of non-ortho nitro benzene ring substituents is 1. The monoisotopic (exact) mass is 399 g/mol. The molecular weight excluding hydrogens is 374 g/mol. The van der Waals surface area contributed by atoms with Gasteiger partial charge in [-0.15, -0.1) is 0 Å². The molecule has 1 aliphatic rings. The fourth-order valence-corrected chi connectivity index (χ4v) is 3.58. The zero-order chi connectivity index (χ0) is 20.8. The van der Waals surface area contributed by atoms with Crippen LogP contribution in [0.4, 0.5) is 11.4 Å². The minimum Gasteiger partial charge on any atom is -0.496 e. The second kappa shape index (κ2) is 9.38. The van der Waals surface area contributed by atoms with Crippen LogP contribution in [0.1, 0.15) is 28.8 Å². The highest BCUT2D eigenvalue weighted by atomic mass is 16.6. The Bertz CT molecular complexity index is 878. The number of carbonyl (C=O) groups is 1. The van der Waals surface area contributed by atoms with Crippen molar-refractivity contribution >= 4 is 17.3 Å². The minimum absolute atomic E-state index is 0.137.